The largest absolute Gasteiger partial charge is 0.399 e. The molecule has 0 atom stereocenters. The van der Waals surface area contributed by atoms with E-state index in [1.807, 2.05) is 12.1 Å². The number of benzene rings is 2. The van der Waals surface area contributed by atoms with Gasteiger partial charge in [-0.2, -0.15) is 0 Å². The molecule has 0 aliphatic rings. The summed E-state index contributed by atoms with van der Waals surface area (Å²) in [4.78, 5) is 2.28. The molecule has 2 aromatic carbocycles. The fourth-order valence-electron chi connectivity index (χ4n) is 2.45. The number of anilines is 2. The normalized spacial score (nSPS) is 10.7. The van der Waals surface area contributed by atoms with Crippen molar-refractivity contribution in [2.24, 2.45) is 0 Å². The molecule has 0 bridgehead atoms. The van der Waals surface area contributed by atoms with Crippen LogP contribution in [0.3, 0.4) is 0 Å². The van der Waals surface area contributed by atoms with Crippen LogP contribution in [-0.4, -0.2) is 40.5 Å². The Labute approximate surface area is 151 Å². The van der Waals surface area contributed by atoms with E-state index in [4.69, 9.17) is 15.2 Å². The van der Waals surface area contributed by atoms with Gasteiger partial charge in [0.2, 0.25) is 0 Å². The van der Waals surface area contributed by atoms with E-state index in [-0.39, 0.29) is 0 Å². The third kappa shape index (κ3) is 5.09. The first-order valence-corrected chi connectivity index (χ1v) is 8.62. The maximum absolute atomic E-state index is 6.03. The van der Waals surface area contributed by atoms with Crippen molar-refractivity contribution in [3.8, 4) is 11.1 Å². The molecule has 0 heterocycles. The Morgan fingerprint density at radius 2 is 1.57 bits per heavy atom. The van der Waals surface area contributed by atoms with Crippen LogP contribution in [-0.2, 0) is 9.47 Å². The lowest BCUT2D eigenvalue weighted by Crippen LogP contribution is -2.31. The first-order chi connectivity index (χ1) is 11.2. The van der Waals surface area contributed by atoms with Gasteiger partial charge in [-0.1, -0.05) is 12.1 Å². The fourth-order valence-corrected chi connectivity index (χ4v) is 2.81. The first-order valence-electron chi connectivity index (χ1n) is 7.54. The third-order valence-corrected chi connectivity index (χ3v) is 4.37. The van der Waals surface area contributed by atoms with Crippen LogP contribution in [0.15, 0.2) is 42.5 Å². The van der Waals surface area contributed by atoms with Gasteiger partial charge in [0.15, 0.2) is 0 Å². The van der Waals surface area contributed by atoms with Crippen LogP contribution in [0.2, 0.25) is 0 Å². The molecule has 2 aromatic rings. The van der Waals surface area contributed by atoms with Crippen LogP contribution in [0.4, 0.5) is 11.4 Å². The summed E-state index contributed by atoms with van der Waals surface area (Å²) < 4.78 is 11.7. The monoisotopic (exact) mass is 426 g/mol. The molecule has 0 aromatic heterocycles. The predicted octanol–water partition coefficient (Wildman–Crippen LogP) is 3.64. The Balaban J connectivity index is 2.40. The second-order valence-electron chi connectivity index (χ2n) is 5.26. The van der Waals surface area contributed by atoms with E-state index in [1.54, 1.807) is 14.2 Å². The number of nitrogens with zero attached hydrogens (tertiary/aromatic N) is 1. The molecular weight excluding hydrogens is 403 g/mol. The lowest BCUT2D eigenvalue weighted by Gasteiger charge is -2.27. The molecular formula is C18H23IN2O2. The third-order valence-electron chi connectivity index (χ3n) is 3.65. The van der Waals surface area contributed by atoms with E-state index < -0.39 is 0 Å². The van der Waals surface area contributed by atoms with Gasteiger partial charge < -0.3 is 20.1 Å². The Morgan fingerprint density at radius 3 is 2.13 bits per heavy atom. The SMILES string of the molecule is COCCN(CCOC)c1ccc(N)cc1-c1ccc(I)cc1. The van der Waals surface area contributed by atoms with Crippen molar-refractivity contribution in [3.63, 3.8) is 0 Å². The zero-order valence-corrected chi connectivity index (χ0v) is 15.7. The summed E-state index contributed by atoms with van der Waals surface area (Å²) in [5.41, 5.74) is 10.2. The Morgan fingerprint density at radius 1 is 0.957 bits per heavy atom. The lowest BCUT2D eigenvalue weighted by molar-refractivity contribution is 0.190. The number of halogens is 1. The van der Waals surface area contributed by atoms with E-state index in [1.165, 1.54) is 3.57 Å². The van der Waals surface area contributed by atoms with E-state index in [2.05, 4.69) is 57.8 Å². The number of ether oxygens (including phenoxy) is 2. The van der Waals surface area contributed by atoms with Crippen LogP contribution in [0, 0.1) is 3.57 Å². The van der Waals surface area contributed by atoms with E-state index in [0.29, 0.717) is 13.2 Å². The van der Waals surface area contributed by atoms with E-state index in [9.17, 15) is 0 Å². The van der Waals surface area contributed by atoms with Crippen molar-refractivity contribution >= 4 is 34.0 Å². The quantitative estimate of drug-likeness (QED) is 0.518. The Kier molecular flexibility index (Phi) is 7.14. The standard InChI is InChI=1S/C18H23IN2O2/c1-22-11-9-21(10-12-23-2)18-8-7-16(20)13-17(18)14-3-5-15(19)6-4-14/h3-8,13H,9-12,20H2,1-2H3. The van der Waals surface area contributed by atoms with Gasteiger partial charge in [0, 0.05) is 47.8 Å². The average molecular weight is 426 g/mol. The highest BCUT2D eigenvalue weighted by molar-refractivity contribution is 14.1. The molecule has 0 unspecified atom stereocenters. The maximum atomic E-state index is 6.03. The van der Waals surface area contributed by atoms with Gasteiger partial charge in [-0.05, 0) is 58.5 Å². The number of hydrogen-bond acceptors (Lipinski definition) is 4. The molecule has 0 saturated carbocycles. The van der Waals surface area contributed by atoms with Gasteiger partial charge in [-0.25, -0.2) is 0 Å². The summed E-state index contributed by atoms with van der Waals surface area (Å²) in [6, 6.07) is 14.5. The molecule has 0 amide bonds. The molecule has 0 aliphatic heterocycles. The predicted molar refractivity (Wildman–Crippen MR) is 105 cm³/mol. The van der Waals surface area contributed by atoms with Crippen molar-refractivity contribution < 1.29 is 9.47 Å². The highest BCUT2D eigenvalue weighted by Crippen LogP contribution is 2.33. The molecule has 23 heavy (non-hydrogen) atoms. The van der Waals surface area contributed by atoms with Crippen molar-refractivity contribution in [1.29, 1.82) is 0 Å². The van der Waals surface area contributed by atoms with Crippen LogP contribution in [0.25, 0.3) is 11.1 Å². The van der Waals surface area contributed by atoms with Crippen molar-refractivity contribution in [2.75, 3.05) is 51.2 Å². The van der Waals surface area contributed by atoms with Crippen LogP contribution in [0.5, 0.6) is 0 Å². The van der Waals surface area contributed by atoms with Gasteiger partial charge >= 0.3 is 0 Å². The molecule has 0 saturated heterocycles. The minimum atomic E-state index is 0.667. The highest BCUT2D eigenvalue weighted by Gasteiger charge is 2.13. The van der Waals surface area contributed by atoms with Gasteiger partial charge in [0.1, 0.15) is 0 Å². The number of methoxy groups -OCH3 is 2. The molecule has 5 heteroatoms. The van der Waals surface area contributed by atoms with Crippen molar-refractivity contribution in [3.05, 3.63) is 46.0 Å². The maximum Gasteiger partial charge on any atom is 0.0637 e. The van der Waals surface area contributed by atoms with E-state index >= 15 is 0 Å². The van der Waals surface area contributed by atoms with Crippen molar-refractivity contribution in [2.45, 2.75) is 0 Å². The second-order valence-corrected chi connectivity index (χ2v) is 6.50. The summed E-state index contributed by atoms with van der Waals surface area (Å²) >= 11 is 2.31. The first kappa shape index (κ1) is 18.0. The second kappa shape index (κ2) is 9.10. The number of nitrogens with two attached hydrogens (primary N) is 1. The van der Waals surface area contributed by atoms with Gasteiger partial charge in [-0.3, -0.25) is 0 Å². The number of rotatable bonds is 8. The molecule has 0 spiro atoms. The van der Waals surface area contributed by atoms with Crippen LogP contribution >= 0.6 is 22.6 Å². The number of nitrogen functional groups attached to an aromatic ring is 1. The molecule has 2 rings (SSSR count). The van der Waals surface area contributed by atoms with E-state index in [0.717, 1.165) is 35.6 Å². The molecule has 4 nitrogen and oxygen atoms in total. The minimum absolute atomic E-state index is 0.667. The van der Waals surface area contributed by atoms with Crippen molar-refractivity contribution in [1.82, 2.24) is 0 Å². The minimum Gasteiger partial charge on any atom is -0.399 e. The average Bonchev–Trinajstić information content (AvgIpc) is 2.56. The van der Waals surface area contributed by atoms with Gasteiger partial charge in [-0.15, -0.1) is 0 Å². The molecule has 2 N–H and O–H groups in total. The zero-order chi connectivity index (χ0) is 16.7. The fraction of sp³-hybridized carbons (Fsp3) is 0.333. The summed E-state index contributed by atoms with van der Waals surface area (Å²) in [5, 5.41) is 0. The summed E-state index contributed by atoms with van der Waals surface area (Å²) in [5.74, 6) is 0. The van der Waals surface area contributed by atoms with Crippen LogP contribution in [0.1, 0.15) is 0 Å². The molecule has 0 radical (unpaired) electrons. The zero-order valence-electron chi connectivity index (χ0n) is 13.6. The Hall–Kier alpha value is -1.31. The molecule has 124 valence electrons. The smallest absolute Gasteiger partial charge is 0.0637 e. The molecule has 0 fully saturated rings. The van der Waals surface area contributed by atoms with Gasteiger partial charge in [0.05, 0.1) is 13.2 Å². The summed E-state index contributed by atoms with van der Waals surface area (Å²) in [6.45, 7) is 2.95. The lowest BCUT2D eigenvalue weighted by atomic mass is 10.0. The summed E-state index contributed by atoms with van der Waals surface area (Å²) in [6.07, 6.45) is 0. The highest BCUT2D eigenvalue weighted by atomic mass is 127. The summed E-state index contributed by atoms with van der Waals surface area (Å²) in [7, 11) is 3.44. The number of hydrogen-bond donors (Lipinski definition) is 1. The van der Waals surface area contributed by atoms with Crippen LogP contribution < -0.4 is 10.6 Å². The topological polar surface area (TPSA) is 47.7 Å². The van der Waals surface area contributed by atoms with Gasteiger partial charge in [0.25, 0.3) is 0 Å². The Bertz CT molecular complexity index is 609. The molecule has 0 aliphatic carbocycles.